The van der Waals surface area contributed by atoms with Crippen molar-refractivity contribution in [2.75, 3.05) is 5.32 Å². The van der Waals surface area contributed by atoms with Crippen molar-refractivity contribution in [1.29, 1.82) is 0 Å². The summed E-state index contributed by atoms with van der Waals surface area (Å²) in [5.74, 6) is -0.932. The smallest absolute Gasteiger partial charge is 0.255 e. The Morgan fingerprint density at radius 2 is 1.50 bits per heavy atom. The Morgan fingerprint density at radius 3 is 2.18 bits per heavy atom. The summed E-state index contributed by atoms with van der Waals surface area (Å²) in [5.41, 5.74) is 4.06. The molecule has 0 aliphatic carbocycles. The molecule has 0 aromatic heterocycles. The molecule has 28 heavy (non-hydrogen) atoms. The lowest BCUT2D eigenvalue weighted by atomic mass is 10.1. The third-order valence-electron chi connectivity index (χ3n) is 4.45. The first-order valence-corrected chi connectivity index (χ1v) is 8.94. The minimum absolute atomic E-state index is 0.0976. The quantitative estimate of drug-likeness (QED) is 0.682. The van der Waals surface area contributed by atoms with Gasteiger partial charge >= 0.3 is 0 Å². The molecule has 0 bridgehead atoms. The highest BCUT2D eigenvalue weighted by molar-refractivity contribution is 6.05. The molecule has 2 N–H and O–H groups in total. The molecule has 0 saturated carbocycles. The Labute approximate surface area is 163 Å². The summed E-state index contributed by atoms with van der Waals surface area (Å²) in [7, 11) is 0. The van der Waals surface area contributed by atoms with Gasteiger partial charge in [-0.2, -0.15) is 0 Å². The van der Waals surface area contributed by atoms with Crippen molar-refractivity contribution in [2.24, 2.45) is 0 Å². The van der Waals surface area contributed by atoms with Gasteiger partial charge in [0.25, 0.3) is 11.8 Å². The molecule has 3 aromatic carbocycles. The largest absolute Gasteiger partial charge is 0.348 e. The number of halogens is 1. The lowest BCUT2D eigenvalue weighted by molar-refractivity contribution is 0.0948. The molecule has 0 aliphatic rings. The maximum Gasteiger partial charge on any atom is 0.255 e. The molecule has 3 aromatic rings. The van der Waals surface area contributed by atoms with Crippen LogP contribution < -0.4 is 10.6 Å². The monoisotopic (exact) mass is 376 g/mol. The van der Waals surface area contributed by atoms with Crippen molar-refractivity contribution in [3.05, 3.63) is 100 Å². The van der Waals surface area contributed by atoms with E-state index >= 15 is 0 Å². The molecule has 0 aliphatic heterocycles. The van der Waals surface area contributed by atoms with Gasteiger partial charge in [0, 0.05) is 28.9 Å². The normalized spacial score (nSPS) is 10.4. The van der Waals surface area contributed by atoms with E-state index in [-0.39, 0.29) is 24.2 Å². The molecule has 5 heteroatoms. The average molecular weight is 376 g/mol. The molecule has 142 valence electrons. The summed E-state index contributed by atoms with van der Waals surface area (Å²) in [6.45, 7) is 3.99. The summed E-state index contributed by atoms with van der Waals surface area (Å²) in [6.07, 6.45) is 0. The Bertz CT molecular complexity index is 1010. The number of carbonyl (C=O) groups excluding carboxylic acids is 2. The maximum atomic E-state index is 13.6. The second-order valence-electron chi connectivity index (χ2n) is 6.62. The molecule has 0 fully saturated rings. The number of amides is 2. The lowest BCUT2D eigenvalue weighted by Gasteiger charge is -2.10. The molecule has 4 nitrogen and oxygen atoms in total. The molecule has 3 rings (SSSR count). The van der Waals surface area contributed by atoms with E-state index in [0.717, 1.165) is 16.8 Å². The van der Waals surface area contributed by atoms with Crippen molar-refractivity contribution < 1.29 is 14.0 Å². The summed E-state index contributed by atoms with van der Waals surface area (Å²) in [4.78, 5) is 24.7. The van der Waals surface area contributed by atoms with E-state index in [1.807, 2.05) is 32.0 Å². The van der Waals surface area contributed by atoms with Crippen LogP contribution in [0, 0.1) is 19.7 Å². The number of nitrogens with one attached hydrogen (secondary N) is 2. The fourth-order valence-electron chi connectivity index (χ4n) is 2.76. The van der Waals surface area contributed by atoms with E-state index in [0.29, 0.717) is 16.7 Å². The first kappa shape index (κ1) is 19.3. The van der Waals surface area contributed by atoms with Gasteiger partial charge in [0.05, 0.1) is 0 Å². The van der Waals surface area contributed by atoms with E-state index in [9.17, 15) is 14.0 Å². The van der Waals surface area contributed by atoms with Crippen LogP contribution in [0.2, 0.25) is 0 Å². The number of hydrogen-bond donors (Lipinski definition) is 2. The minimum Gasteiger partial charge on any atom is -0.348 e. The van der Waals surface area contributed by atoms with Crippen LogP contribution >= 0.6 is 0 Å². The first-order valence-electron chi connectivity index (χ1n) is 8.94. The van der Waals surface area contributed by atoms with Gasteiger partial charge in [-0.3, -0.25) is 9.59 Å². The van der Waals surface area contributed by atoms with Crippen LogP contribution in [0.5, 0.6) is 0 Å². The maximum absolute atomic E-state index is 13.6. The zero-order valence-electron chi connectivity index (χ0n) is 15.8. The Morgan fingerprint density at radius 1 is 0.857 bits per heavy atom. The summed E-state index contributed by atoms with van der Waals surface area (Å²) >= 11 is 0. The van der Waals surface area contributed by atoms with Gasteiger partial charge in [0.1, 0.15) is 5.82 Å². The van der Waals surface area contributed by atoms with Crippen LogP contribution in [-0.4, -0.2) is 11.8 Å². The average Bonchev–Trinajstić information content (AvgIpc) is 2.70. The second kappa shape index (κ2) is 8.48. The molecule has 0 radical (unpaired) electrons. The zero-order valence-corrected chi connectivity index (χ0v) is 15.8. The van der Waals surface area contributed by atoms with Crippen molar-refractivity contribution in [3.8, 4) is 0 Å². The molecule has 0 spiro atoms. The van der Waals surface area contributed by atoms with Gasteiger partial charge in [-0.15, -0.1) is 0 Å². The van der Waals surface area contributed by atoms with Gasteiger partial charge in [-0.25, -0.2) is 4.39 Å². The third-order valence-corrected chi connectivity index (χ3v) is 4.45. The molecule has 0 unspecified atom stereocenters. The van der Waals surface area contributed by atoms with Crippen molar-refractivity contribution in [1.82, 2.24) is 5.32 Å². The van der Waals surface area contributed by atoms with Crippen molar-refractivity contribution in [3.63, 3.8) is 0 Å². The summed E-state index contributed by atoms with van der Waals surface area (Å²) in [5, 5.41) is 5.57. The molecular weight excluding hydrogens is 355 g/mol. The van der Waals surface area contributed by atoms with Gasteiger partial charge in [-0.1, -0.05) is 30.3 Å². The fraction of sp³-hybridized carbons (Fsp3) is 0.130. The Balaban J connectivity index is 1.64. The predicted molar refractivity (Wildman–Crippen MR) is 108 cm³/mol. The number of anilines is 1. The van der Waals surface area contributed by atoms with Crippen molar-refractivity contribution >= 4 is 17.5 Å². The third kappa shape index (κ3) is 4.62. The minimum atomic E-state index is -0.360. The van der Waals surface area contributed by atoms with Gasteiger partial charge < -0.3 is 10.6 Å². The van der Waals surface area contributed by atoms with Crippen LogP contribution in [0.1, 0.15) is 37.4 Å². The molecule has 0 heterocycles. The number of hydrogen-bond acceptors (Lipinski definition) is 2. The van der Waals surface area contributed by atoms with Crippen molar-refractivity contribution in [2.45, 2.75) is 20.4 Å². The highest BCUT2D eigenvalue weighted by atomic mass is 19.1. The van der Waals surface area contributed by atoms with Gasteiger partial charge in [0.2, 0.25) is 0 Å². The molecule has 0 saturated heterocycles. The van der Waals surface area contributed by atoms with Gasteiger partial charge in [-0.05, 0) is 61.4 Å². The summed E-state index contributed by atoms with van der Waals surface area (Å²) < 4.78 is 13.6. The van der Waals surface area contributed by atoms with E-state index in [4.69, 9.17) is 0 Å². The second-order valence-corrected chi connectivity index (χ2v) is 6.62. The Kier molecular flexibility index (Phi) is 5.84. The van der Waals surface area contributed by atoms with Crippen LogP contribution in [0.15, 0.2) is 66.7 Å². The number of carbonyl (C=O) groups is 2. The van der Waals surface area contributed by atoms with E-state index in [1.54, 1.807) is 42.5 Å². The molecular formula is C23H21FN2O2. The first-order chi connectivity index (χ1) is 13.4. The van der Waals surface area contributed by atoms with Crippen LogP contribution in [0.25, 0.3) is 0 Å². The number of rotatable bonds is 5. The number of benzene rings is 3. The predicted octanol–water partition coefficient (Wildman–Crippen LogP) is 4.62. The highest BCUT2D eigenvalue weighted by Gasteiger charge is 2.11. The van der Waals surface area contributed by atoms with Crippen LogP contribution in [0.4, 0.5) is 10.1 Å². The zero-order chi connectivity index (χ0) is 20.1. The van der Waals surface area contributed by atoms with E-state index < -0.39 is 0 Å². The topological polar surface area (TPSA) is 58.2 Å². The Hall–Kier alpha value is -3.47. The SMILES string of the molecule is Cc1ccc(C)c(NC(=O)c2ccc(C(=O)NCc3ccccc3F)cc2)c1. The number of aryl methyl sites for hydroxylation is 2. The lowest BCUT2D eigenvalue weighted by Crippen LogP contribution is -2.23. The molecule has 2 amide bonds. The molecule has 0 atom stereocenters. The van der Waals surface area contributed by atoms with E-state index in [1.165, 1.54) is 6.07 Å². The van der Waals surface area contributed by atoms with Crippen LogP contribution in [0.3, 0.4) is 0 Å². The highest BCUT2D eigenvalue weighted by Crippen LogP contribution is 2.17. The van der Waals surface area contributed by atoms with Gasteiger partial charge in [0.15, 0.2) is 0 Å². The van der Waals surface area contributed by atoms with E-state index in [2.05, 4.69) is 10.6 Å². The standard InChI is InChI=1S/C23H21FN2O2/c1-15-7-8-16(2)21(13-15)26-23(28)18-11-9-17(10-12-18)22(27)25-14-19-5-3-4-6-20(19)24/h3-13H,14H2,1-2H3,(H,25,27)(H,26,28). The summed E-state index contributed by atoms with van der Waals surface area (Å²) in [6, 6.07) is 18.5. The fourth-order valence-corrected chi connectivity index (χ4v) is 2.76. The van der Waals surface area contributed by atoms with Crippen LogP contribution in [-0.2, 0) is 6.54 Å².